The first-order chi connectivity index (χ1) is 12.9. The number of anilines is 1. The standard InChI is InChI=1S/C18H27N3O6/c1-4-7-9-19(10-8-5-2)17-15(20(23)24)12-14(13-16(17)21(25)26)18(22)27-11-6-3/h12-13H,4-11H2,1-3H3. The third-order valence-corrected chi connectivity index (χ3v) is 4.02. The topological polar surface area (TPSA) is 116 Å². The van der Waals surface area contributed by atoms with E-state index in [0.717, 1.165) is 37.8 Å². The van der Waals surface area contributed by atoms with Gasteiger partial charge in [0.2, 0.25) is 0 Å². The van der Waals surface area contributed by atoms with E-state index in [2.05, 4.69) is 0 Å². The fourth-order valence-corrected chi connectivity index (χ4v) is 2.64. The maximum atomic E-state index is 12.1. The zero-order chi connectivity index (χ0) is 20.4. The predicted octanol–water partition coefficient (Wildman–Crippen LogP) is 4.48. The number of carbonyl (C=O) groups excluding carboxylic acids is 1. The van der Waals surface area contributed by atoms with Crippen molar-refractivity contribution in [1.82, 2.24) is 0 Å². The van der Waals surface area contributed by atoms with Crippen molar-refractivity contribution in [3.8, 4) is 0 Å². The van der Waals surface area contributed by atoms with Gasteiger partial charge in [0.25, 0.3) is 0 Å². The molecule has 9 nitrogen and oxygen atoms in total. The average Bonchev–Trinajstić information content (AvgIpc) is 2.65. The molecule has 0 bridgehead atoms. The summed E-state index contributed by atoms with van der Waals surface area (Å²) in [4.78, 5) is 35.7. The number of nitro groups is 2. The molecule has 150 valence electrons. The van der Waals surface area contributed by atoms with Crippen LogP contribution in [0.25, 0.3) is 0 Å². The van der Waals surface area contributed by atoms with Gasteiger partial charge in [0.1, 0.15) is 0 Å². The summed E-state index contributed by atoms with van der Waals surface area (Å²) in [7, 11) is 0. The average molecular weight is 381 g/mol. The Morgan fingerprint density at radius 1 is 0.963 bits per heavy atom. The number of hydrogen-bond donors (Lipinski definition) is 0. The maximum absolute atomic E-state index is 12.1. The number of unbranched alkanes of at least 4 members (excludes halogenated alkanes) is 2. The largest absolute Gasteiger partial charge is 0.462 e. The third kappa shape index (κ3) is 6.19. The number of hydrogen-bond acceptors (Lipinski definition) is 7. The van der Waals surface area contributed by atoms with Crippen LogP contribution >= 0.6 is 0 Å². The van der Waals surface area contributed by atoms with Gasteiger partial charge in [-0.15, -0.1) is 0 Å². The Hall–Kier alpha value is -2.71. The van der Waals surface area contributed by atoms with Crippen LogP contribution in [0.3, 0.4) is 0 Å². The quantitative estimate of drug-likeness (QED) is 0.298. The van der Waals surface area contributed by atoms with Crippen LogP contribution < -0.4 is 4.90 Å². The van der Waals surface area contributed by atoms with Crippen molar-refractivity contribution in [3.05, 3.63) is 37.9 Å². The van der Waals surface area contributed by atoms with Crippen LogP contribution in [0, 0.1) is 20.2 Å². The molecular formula is C18H27N3O6. The SMILES string of the molecule is CCCCN(CCCC)c1c([N+](=O)[O-])cc(C(=O)OCCC)cc1[N+](=O)[O-]. The van der Waals surface area contributed by atoms with Crippen LogP contribution in [0.5, 0.6) is 0 Å². The highest BCUT2D eigenvalue weighted by atomic mass is 16.6. The summed E-state index contributed by atoms with van der Waals surface area (Å²) in [5.41, 5.74) is -1.12. The van der Waals surface area contributed by atoms with Gasteiger partial charge >= 0.3 is 17.3 Å². The van der Waals surface area contributed by atoms with Crippen molar-refractivity contribution < 1.29 is 19.4 Å². The van der Waals surface area contributed by atoms with E-state index >= 15 is 0 Å². The van der Waals surface area contributed by atoms with E-state index in [4.69, 9.17) is 4.74 Å². The molecule has 0 aromatic heterocycles. The van der Waals surface area contributed by atoms with Gasteiger partial charge in [-0.05, 0) is 19.3 Å². The Balaban J connectivity index is 3.51. The van der Waals surface area contributed by atoms with E-state index in [1.165, 1.54) is 0 Å². The second-order valence-corrected chi connectivity index (χ2v) is 6.21. The smallest absolute Gasteiger partial charge is 0.338 e. The molecule has 1 aromatic rings. The first-order valence-electron chi connectivity index (χ1n) is 9.26. The summed E-state index contributed by atoms with van der Waals surface area (Å²) in [6.45, 7) is 6.85. The van der Waals surface area contributed by atoms with Gasteiger partial charge < -0.3 is 9.64 Å². The van der Waals surface area contributed by atoms with Crippen molar-refractivity contribution in [3.63, 3.8) is 0 Å². The van der Waals surface area contributed by atoms with Crippen molar-refractivity contribution in [2.75, 3.05) is 24.6 Å². The van der Waals surface area contributed by atoms with E-state index in [1.807, 2.05) is 13.8 Å². The molecule has 9 heteroatoms. The molecular weight excluding hydrogens is 354 g/mol. The third-order valence-electron chi connectivity index (χ3n) is 4.02. The van der Waals surface area contributed by atoms with Gasteiger partial charge in [0.15, 0.2) is 5.69 Å². The minimum atomic E-state index is -0.803. The van der Waals surface area contributed by atoms with E-state index in [1.54, 1.807) is 11.8 Å². The van der Waals surface area contributed by atoms with Crippen LogP contribution in [-0.4, -0.2) is 35.5 Å². The first-order valence-corrected chi connectivity index (χ1v) is 9.26. The zero-order valence-corrected chi connectivity index (χ0v) is 16.1. The highest BCUT2D eigenvalue weighted by Crippen LogP contribution is 2.39. The molecule has 0 amide bonds. The molecule has 27 heavy (non-hydrogen) atoms. The lowest BCUT2D eigenvalue weighted by Gasteiger charge is -2.24. The lowest BCUT2D eigenvalue weighted by Crippen LogP contribution is -2.27. The summed E-state index contributed by atoms with van der Waals surface area (Å²) in [5.74, 6) is -0.803. The molecule has 0 heterocycles. The van der Waals surface area contributed by atoms with Gasteiger partial charge in [0, 0.05) is 25.2 Å². The van der Waals surface area contributed by atoms with Gasteiger partial charge in [-0.3, -0.25) is 20.2 Å². The Kier molecular flexibility index (Phi) is 9.18. The number of rotatable bonds is 12. The normalized spacial score (nSPS) is 10.5. The monoisotopic (exact) mass is 381 g/mol. The summed E-state index contributed by atoms with van der Waals surface area (Å²) in [5, 5.41) is 23.3. The van der Waals surface area contributed by atoms with Gasteiger partial charge in [-0.25, -0.2) is 4.79 Å². The molecule has 0 N–H and O–H groups in total. The van der Waals surface area contributed by atoms with E-state index in [0.29, 0.717) is 19.5 Å². The molecule has 0 atom stereocenters. The van der Waals surface area contributed by atoms with Crippen molar-refractivity contribution in [1.29, 1.82) is 0 Å². The maximum Gasteiger partial charge on any atom is 0.338 e. The second-order valence-electron chi connectivity index (χ2n) is 6.21. The lowest BCUT2D eigenvalue weighted by molar-refractivity contribution is -0.392. The highest BCUT2D eigenvalue weighted by Gasteiger charge is 2.32. The molecule has 0 aliphatic heterocycles. The molecule has 1 aromatic carbocycles. The summed E-state index contributed by atoms with van der Waals surface area (Å²) >= 11 is 0. The highest BCUT2D eigenvalue weighted by molar-refractivity contribution is 5.94. The minimum Gasteiger partial charge on any atom is -0.462 e. The molecule has 0 unspecified atom stereocenters. The predicted molar refractivity (Wildman–Crippen MR) is 102 cm³/mol. The fraction of sp³-hybridized carbons (Fsp3) is 0.611. The van der Waals surface area contributed by atoms with E-state index in [-0.39, 0.29) is 17.9 Å². The minimum absolute atomic E-state index is 0.0426. The van der Waals surface area contributed by atoms with E-state index < -0.39 is 27.2 Å². The summed E-state index contributed by atoms with van der Waals surface area (Å²) in [6, 6.07) is 2.15. The summed E-state index contributed by atoms with van der Waals surface area (Å²) < 4.78 is 4.98. The van der Waals surface area contributed by atoms with Crippen LogP contribution in [0.1, 0.15) is 63.2 Å². The second kappa shape index (κ2) is 11.1. The Labute approximate surface area is 158 Å². The van der Waals surface area contributed by atoms with Gasteiger partial charge in [-0.1, -0.05) is 33.6 Å². The number of ether oxygens (including phenoxy) is 1. The lowest BCUT2D eigenvalue weighted by atomic mass is 10.1. The fourth-order valence-electron chi connectivity index (χ4n) is 2.64. The molecule has 0 saturated heterocycles. The van der Waals surface area contributed by atoms with Crippen molar-refractivity contribution in [2.45, 2.75) is 52.9 Å². The first kappa shape index (κ1) is 22.3. The molecule has 0 saturated carbocycles. The van der Waals surface area contributed by atoms with Crippen LogP contribution in [0.4, 0.5) is 17.1 Å². The number of esters is 1. The number of carbonyl (C=O) groups is 1. The Bertz CT molecular complexity index is 634. The molecule has 0 spiro atoms. The molecule has 1 rings (SSSR count). The Morgan fingerprint density at radius 2 is 1.44 bits per heavy atom. The molecule has 0 radical (unpaired) electrons. The molecule has 0 aliphatic carbocycles. The molecule has 0 aliphatic rings. The summed E-state index contributed by atoms with van der Waals surface area (Å²) in [6.07, 6.45) is 3.78. The Morgan fingerprint density at radius 3 is 1.81 bits per heavy atom. The van der Waals surface area contributed by atoms with Crippen LogP contribution in [0.15, 0.2) is 12.1 Å². The van der Waals surface area contributed by atoms with E-state index in [9.17, 15) is 25.0 Å². The van der Waals surface area contributed by atoms with Crippen LogP contribution in [0.2, 0.25) is 0 Å². The number of benzene rings is 1. The number of nitro benzene ring substituents is 2. The van der Waals surface area contributed by atoms with Gasteiger partial charge in [-0.2, -0.15) is 0 Å². The number of nitrogens with zero attached hydrogens (tertiary/aromatic N) is 3. The van der Waals surface area contributed by atoms with Crippen LogP contribution in [-0.2, 0) is 4.74 Å². The molecule has 0 fully saturated rings. The zero-order valence-electron chi connectivity index (χ0n) is 16.1. The van der Waals surface area contributed by atoms with Crippen molar-refractivity contribution >= 4 is 23.0 Å². The van der Waals surface area contributed by atoms with Crippen molar-refractivity contribution in [2.24, 2.45) is 0 Å². The van der Waals surface area contributed by atoms with Gasteiger partial charge in [0.05, 0.1) is 22.0 Å².